The van der Waals surface area contributed by atoms with Gasteiger partial charge in [-0.15, -0.1) is 11.3 Å². The highest BCUT2D eigenvalue weighted by atomic mass is 32.1. The van der Waals surface area contributed by atoms with Gasteiger partial charge in [0.25, 0.3) is 0 Å². The molecule has 7 heteroatoms. The lowest BCUT2D eigenvalue weighted by atomic mass is 10.2. The normalized spacial score (nSPS) is 10.5. The smallest absolute Gasteiger partial charge is 0.311 e. The van der Waals surface area contributed by atoms with Crippen molar-refractivity contribution in [3.8, 4) is 0 Å². The number of ether oxygens (including phenoxy) is 1. The summed E-state index contributed by atoms with van der Waals surface area (Å²) in [5, 5.41) is 4.76. The molecule has 0 spiro atoms. The number of aryl methyl sites for hydroxylation is 1. The van der Waals surface area contributed by atoms with E-state index in [4.69, 9.17) is 4.74 Å². The van der Waals surface area contributed by atoms with Gasteiger partial charge in [-0.2, -0.15) is 0 Å². The Morgan fingerprint density at radius 2 is 2.14 bits per heavy atom. The second-order valence-corrected chi connectivity index (χ2v) is 5.19. The standard InChI is InChI=1S/C14H14F2N2O2S/c1-3-20-13(19)5-9-7-21-14(17-9)18-12-6-10(15)8(2)4-11(12)16/h4,6-7H,3,5H2,1-2H3,(H,17,18). The number of benzene rings is 1. The predicted molar refractivity (Wildman–Crippen MR) is 76.8 cm³/mol. The molecule has 0 amide bonds. The van der Waals surface area contributed by atoms with Gasteiger partial charge in [0, 0.05) is 11.4 Å². The number of halogens is 2. The number of hydrogen-bond acceptors (Lipinski definition) is 5. The lowest BCUT2D eigenvalue weighted by Gasteiger charge is -2.06. The van der Waals surface area contributed by atoms with Crippen LogP contribution in [0.1, 0.15) is 18.2 Å². The van der Waals surface area contributed by atoms with Crippen molar-refractivity contribution in [1.29, 1.82) is 0 Å². The molecule has 0 bridgehead atoms. The van der Waals surface area contributed by atoms with Crippen LogP contribution in [0, 0.1) is 18.6 Å². The zero-order valence-electron chi connectivity index (χ0n) is 11.6. The molecular weight excluding hydrogens is 298 g/mol. The second kappa shape index (κ2) is 6.62. The van der Waals surface area contributed by atoms with E-state index in [9.17, 15) is 13.6 Å². The molecule has 4 nitrogen and oxygen atoms in total. The van der Waals surface area contributed by atoms with Gasteiger partial charge in [-0.25, -0.2) is 13.8 Å². The minimum Gasteiger partial charge on any atom is -0.466 e. The highest BCUT2D eigenvalue weighted by Gasteiger charge is 2.11. The molecule has 1 heterocycles. The van der Waals surface area contributed by atoms with E-state index in [0.717, 1.165) is 12.1 Å². The first-order chi connectivity index (χ1) is 9.99. The SMILES string of the molecule is CCOC(=O)Cc1csc(Nc2cc(F)c(C)cc2F)n1. The van der Waals surface area contributed by atoms with E-state index in [1.807, 2.05) is 0 Å². The van der Waals surface area contributed by atoms with Gasteiger partial charge in [0.05, 0.1) is 24.4 Å². The van der Waals surface area contributed by atoms with E-state index in [1.165, 1.54) is 18.3 Å². The average molecular weight is 312 g/mol. The van der Waals surface area contributed by atoms with Crippen LogP contribution in [0.15, 0.2) is 17.5 Å². The Labute approximate surface area is 124 Å². The largest absolute Gasteiger partial charge is 0.466 e. The average Bonchev–Trinajstić information content (AvgIpc) is 2.83. The Morgan fingerprint density at radius 1 is 1.38 bits per heavy atom. The lowest BCUT2D eigenvalue weighted by molar-refractivity contribution is -0.142. The summed E-state index contributed by atoms with van der Waals surface area (Å²) >= 11 is 1.20. The van der Waals surface area contributed by atoms with Crippen molar-refractivity contribution in [3.05, 3.63) is 40.4 Å². The highest BCUT2D eigenvalue weighted by molar-refractivity contribution is 7.13. The molecule has 0 aliphatic carbocycles. The molecule has 0 aliphatic rings. The minimum atomic E-state index is -0.559. The van der Waals surface area contributed by atoms with Crippen LogP contribution in [0.5, 0.6) is 0 Å². The van der Waals surface area contributed by atoms with Crippen LogP contribution >= 0.6 is 11.3 Å². The summed E-state index contributed by atoms with van der Waals surface area (Å²) in [6.45, 7) is 3.52. The number of rotatable bonds is 5. The van der Waals surface area contributed by atoms with E-state index < -0.39 is 11.6 Å². The van der Waals surface area contributed by atoms with Crippen LogP contribution < -0.4 is 5.32 Å². The van der Waals surface area contributed by atoms with Crippen LogP contribution in [0.4, 0.5) is 19.6 Å². The fourth-order valence-corrected chi connectivity index (χ4v) is 2.39. The molecule has 21 heavy (non-hydrogen) atoms. The fraction of sp³-hybridized carbons (Fsp3) is 0.286. The van der Waals surface area contributed by atoms with Crippen molar-refractivity contribution in [2.75, 3.05) is 11.9 Å². The predicted octanol–water partition coefficient (Wildman–Crippen LogP) is 3.58. The quantitative estimate of drug-likeness (QED) is 0.857. The Balaban J connectivity index is 2.09. The maximum atomic E-state index is 13.7. The Bertz CT molecular complexity index is 658. The third-order valence-corrected chi connectivity index (χ3v) is 3.48. The van der Waals surface area contributed by atoms with Crippen molar-refractivity contribution >= 4 is 28.1 Å². The molecule has 2 aromatic rings. The molecule has 112 valence electrons. The summed E-state index contributed by atoms with van der Waals surface area (Å²) in [7, 11) is 0. The first-order valence-electron chi connectivity index (χ1n) is 6.32. The number of carbonyl (C=O) groups excluding carboxylic acids is 1. The molecule has 0 fully saturated rings. The van der Waals surface area contributed by atoms with Gasteiger partial charge in [-0.1, -0.05) is 0 Å². The molecule has 1 aromatic heterocycles. The number of anilines is 2. The number of nitrogens with zero attached hydrogens (tertiary/aromatic N) is 1. The Hall–Kier alpha value is -2.02. The van der Waals surface area contributed by atoms with Crippen LogP contribution in [0.3, 0.4) is 0 Å². The Morgan fingerprint density at radius 3 is 2.86 bits per heavy atom. The third-order valence-electron chi connectivity index (χ3n) is 2.67. The summed E-state index contributed by atoms with van der Waals surface area (Å²) in [6, 6.07) is 2.20. The topological polar surface area (TPSA) is 51.2 Å². The molecule has 1 N–H and O–H groups in total. The van der Waals surface area contributed by atoms with Gasteiger partial charge in [-0.3, -0.25) is 4.79 Å². The van der Waals surface area contributed by atoms with Gasteiger partial charge in [0.15, 0.2) is 5.13 Å². The van der Waals surface area contributed by atoms with Gasteiger partial charge in [0.1, 0.15) is 11.6 Å². The first-order valence-corrected chi connectivity index (χ1v) is 7.20. The van der Waals surface area contributed by atoms with Crippen LogP contribution in [0.2, 0.25) is 0 Å². The molecule has 0 unspecified atom stereocenters. The van der Waals surface area contributed by atoms with E-state index in [0.29, 0.717) is 17.4 Å². The van der Waals surface area contributed by atoms with Crippen molar-refractivity contribution in [2.45, 2.75) is 20.3 Å². The molecule has 2 rings (SSSR count). The molecule has 0 radical (unpaired) electrons. The van der Waals surface area contributed by atoms with Crippen molar-refractivity contribution in [3.63, 3.8) is 0 Å². The summed E-state index contributed by atoms with van der Waals surface area (Å²) in [5.41, 5.74) is 0.768. The summed E-state index contributed by atoms with van der Waals surface area (Å²) in [4.78, 5) is 15.5. The number of nitrogens with one attached hydrogen (secondary N) is 1. The minimum absolute atomic E-state index is 0.00938. The third kappa shape index (κ3) is 3.98. The molecule has 0 saturated carbocycles. The number of thiazole rings is 1. The summed E-state index contributed by atoms with van der Waals surface area (Å²) in [5.74, 6) is -1.43. The molecule has 0 aliphatic heterocycles. The maximum absolute atomic E-state index is 13.7. The molecule has 0 saturated heterocycles. The summed E-state index contributed by atoms with van der Waals surface area (Å²) in [6.07, 6.45) is 0.0523. The van der Waals surface area contributed by atoms with Crippen LogP contribution in [-0.2, 0) is 16.0 Å². The van der Waals surface area contributed by atoms with E-state index in [1.54, 1.807) is 12.3 Å². The van der Waals surface area contributed by atoms with E-state index in [-0.39, 0.29) is 23.6 Å². The number of esters is 1. The molecular formula is C14H14F2N2O2S. The van der Waals surface area contributed by atoms with Gasteiger partial charge in [0.2, 0.25) is 0 Å². The van der Waals surface area contributed by atoms with Crippen molar-refractivity contribution < 1.29 is 18.3 Å². The van der Waals surface area contributed by atoms with Gasteiger partial charge >= 0.3 is 5.97 Å². The summed E-state index contributed by atoms with van der Waals surface area (Å²) < 4.78 is 32.0. The molecule has 1 aromatic carbocycles. The maximum Gasteiger partial charge on any atom is 0.311 e. The first kappa shape index (κ1) is 15.4. The van der Waals surface area contributed by atoms with E-state index in [2.05, 4.69) is 10.3 Å². The van der Waals surface area contributed by atoms with Gasteiger partial charge < -0.3 is 10.1 Å². The zero-order valence-corrected chi connectivity index (χ0v) is 12.4. The van der Waals surface area contributed by atoms with Gasteiger partial charge in [-0.05, 0) is 25.5 Å². The number of carbonyl (C=O) groups is 1. The monoisotopic (exact) mass is 312 g/mol. The molecule has 0 atom stereocenters. The van der Waals surface area contributed by atoms with Crippen molar-refractivity contribution in [2.24, 2.45) is 0 Å². The number of aromatic nitrogens is 1. The van der Waals surface area contributed by atoms with E-state index >= 15 is 0 Å². The highest BCUT2D eigenvalue weighted by Crippen LogP contribution is 2.25. The van der Waals surface area contributed by atoms with Crippen LogP contribution in [-0.4, -0.2) is 17.6 Å². The van der Waals surface area contributed by atoms with Crippen molar-refractivity contribution in [1.82, 2.24) is 4.98 Å². The van der Waals surface area contributed by atoms with Crippen LogP contribution in [0.25, 0.3) is 0 Å². The zero-order chi connectivity index (χ0) is 15.4. The lowest BCUT2D eigenvalue weighted by Crippen LogP contribution is -2.07. The number of hydrogen-bond donors (Lipinski definition) is 1. The fourth-order valence-electron chi connectivity index (χ4n) is 1.66. The second-order valence-electron chi connectivity index (χ2n) is 4.33. The Kier molecular flexibility index (Phi) is 4.85.